The predicted molar refractivity (Wildman–Crippen MR) is 84.9 cm³/mol. The van der Waals surface area contributed by atoms with Crippen molar-refractivity contribution in [2.24, 2.45) is 0 Å². The lowest BCUT2D eigenvalue weighted by Gasteiger charge is -2.17. The lowest BCUT2D eigenvalue weighted by Crippen LogP contribution is -2.31. The number of ether oxygens (including phenoxy) is 2. The number of carbonyl (C=O) groups excluding carboxylic acids is 1. The molecule has 0 aliphatic rings. The lowest BCUT2D eigenvalue weighted by molar-refractivity contribution is -0.144. The van der Waals surface area contributed by atoms with E-state index < -0.39 is 0 Å². The highest BCUT2D eigenvalue weighted by molar-refractivity contribution is 5.71. The van der Waals surface area contributed by atoms with Gasteiger partial charge in [-0.2, -0.15) is 0 Å². The first kappa shape index (κ1) is 17.5. The van der Waals surface area contributed by atoms with Crippen LogP contribution < -0.4 is 4.74 Å². The van der Waals surface area contributed by atoms with Crippen molar-refractivity contribution in [3.63, 3.8) is 0 Å². The van der Waals surface area contributed by atoms with Crippen LogP contribution in [0.25, 0.3) is 0 Å². The fourth-order valence-corrected chi connectivity index (χ4v) is 2.21. The van der Waals surface area contributed by atoms with Gasteiger partial charge in [-0.25, -0.2) is 0 Å². The first-order chi connectivity index (χ1) is 9.93. The summed E-state index contributed by atoms with van der Waals surface area (Å²) in [4.78, 5) is 13.2. The van der Waals surface area contributed by atoms with Crippen molar-refractivity contribution in [3.05, 3.63) is 29.3 Å². The number of rotatable bonds is 8. The maximum Gasteiger partial charge on any atom is 0.320 e. The summed E-state index contributed by atoms with van der Waals surface area (Å²) < 4.78 is 10.6. The van der Waals surface area contributed by atoms with Crippen LogP contribution in [0.15, 0.2) is 18.2 Å². The molecule has 1 rings (SSSR count). The van der Waals surface area contributed by atoms with Crippen LogP contribution in [-0.4, -0.2) is 44.2 Å². The van der Waals surface area contributed by atoms with Crippen molar-refractivity contribution < 1.29 is 14.3 Å². The van der Waals surface area contributed by atoms with Gasteiger partial charge in [0.2, 0.25) is 0 Å². The van der Waals surface area contributed by atoms with Gasteiger partial charge in [0.05, 0.1) is 13.2 Å². The predicted octanol–water partition coefficient (Wildman–Crippen LogP) is 2.99. The Morgan fingerprint density at radius 1 is 1.33 bits per heavy atom. The SMILES string of the molecule is CCOC(=O)CN(C)CCOc1ccc(C(C)C)c(C)c1. The van der Waals surface area contributed by atoms with Gasteiger partial charge in [0, 0.05) is 6.54 Å². The Balaban J connectivity index is 2.39. The van der Waals surface area contributed by atoms with Gasteiger partial charge in [-0.05, 0) is 50.1 Å². The van der Waals surface area contributed by atoms with Gasteiger partial charge < -0.3 is 9.47 Å². The van der Waals surface area contributed by atoms with Gasteiger partial charge in [0.15, 0.2) is 0 Å². The second kappa shape index (κ2) is 8.67. The Kier molecular flexibility index (Phi) is 7.23. The molecule has 0 aliphatic carbocycles. The van der Waals surface area contributed by atoms with Crippen LogP contribution in [0.5, 0.6) is 5.75 Å². The van der Waals surface area contributed by atoms with E-state index in [4.69, 9.17) is 9.47 Å². The molecule has 0 atom stereocenters. The van der Waals surface area contributed by atoms with E-state index in [9.17, 15) is 4.79 Å². The number of aryl methyl sites for hydroxylation is 1. The average molecular weight is 293 g/mol. The Bertz CT molecular complexity index is 457. The van der Waals surface area contributed by atoms with E-state index in [0.29, 0.717) is 32.2 Å². The molecule has 0 radical (unpaired) electrons. The van der Waals surface area contributed by atoms with Crippen LogP contribution in [0, 0.1) is 6.92 Å². The summed E-state index contributed by atoms with van der Waals surface area (Å²) in [5.74, 6) is 1.20. The number of esters is 1. The van der Waals surface area contributed by atoms with Gasteiger partial charge in [0.1, 0.15) is 12.4 Å². The molecule has 0 bridgehead atoms. The molecule has 0 saturated heterocycles. The molecule has 0 aliphatic heterocycles. The third kappa shape index (κ3) is 6.17. The van der Waals surface area contributed by atoms with E-state index >= 15 is 0 Å². The van der Waals surface area contributed by atoms with Crippen molar-refractivity contribution >= 4 is 5.97 Å². The first-order valence-electron chi connectivity index (χ1n) is 7.51. The molecule has 118 valence electrons. The molecule has 0 amide bonds. The van der Waals surface area contributed by atoms with Gasteiger partial charge in [-0.15, -0.1) is 0 Å². The molecular formula is C17H27NO3. The zero-order valence-electron chi connectivity index (χ0n) is 13.8. The standard InChI is InChI=1S/C17H27NO3/c1-6-20-17(19)12-18(5)9-10-21-15-7-8-16(13(2)3)14(4)11-15/h7-8,11,13H,6,9-10,12H2,1-5H3. The van der Waals surface area contributed by atoms with Crippen molar-refractivity contribution in [1.29, 1.82) is 0 Å². The summed E-state index contributed by atoms with van der Waals surface area (Å²) in [5.41, 5.74) is 2.60. The molecule has 4 heteroatoms. The summed E-state index contributed by atoms with van der Waals surface area (Å²) in [6, 6.07) is 6.20. The summed E-state index contributed by atoms with van der Waals surface area (Å²) in [6.07, 6.45) is 0. The van der Waals surface area contributed by atoms with Gasteiger partial charge in [-0.1, -0.05) is 19.9 Å². The summed E-state index contributed by atoms with van der Waals surface area (Å²) in [7, 11) is 1.88. The largest absolute Gasteiger partial charge is 0.492 e. The monoisotopic (exact) mass is 293 g/mol. The van der Waals surface area contributed by atoms with Crippen LogP contribution in [0.3, 0.4) is 0 Å². The molecule has 0 N–H and O–H groups in total. The lowest BCUT2D eigenvalue weighted by atomic mass is 9.98. The highest BCUT2D eigenvalue weighted by Gasteiger charge is 2.08. The molecule has 4 nitrogen and oxygen atoms in total. The molecule has 0 aromatic heterocycles. The second-order valence-electron chi connectivity index (χ2n) is 5.56. The van der Waals surface area contributed by atoms with E-state index in [0.717, 1.165) is 5.75 Å². The summed E-state index contributed by atoms with van der Waals surface area (Å²) >= 11 is 0. The van der Waals surface area contributed by atoms with Crippen LogP contribution in [0.4, 0.5) is 0 Å². The number of benzene rings is 1. The zero-order chi connectivity index (χ0) is 15.8. The fraction of sp³-hybridized carbons (Fsp3) is 0.588. The topological polar surface area (TPSA) is 38.8 Å². The minimum Gasteiger partial charge on any atom is -0.492 e. The van der Waals surface area contributed by atoms with Crippen LogP contribution in [-0.2, 0) is 9.53 Å². The normalized spacial score (nSPS) is 11.0. The van der Waals surface area contributed by atoms with Crippen molar-refractivity contribution in [2.75, 3.05) is 33.4 Å². The molecule has 1 aromatic carbocycles. The number of nitrogens with zero attached hydrogens (tertiary/aromatic N) is 1. The van der Waals surface area contributed by atoms with Gasteiger partial charge in [0.25, 0.3) is 0 Å². The van der Waals surface area contributed by atoms with Crippen molar-refractivity contribution in [2.45, 2.75) is 33.6 Å². The minimum atomic E-state index is -0.197. The quantitative estimate of drug-likeness (QED) is 0.691. The molecule has 0 fully saturated rings. The van der Waals surface area contributed by atoms with Crippen LogP contribution >= 0.6 is 0 Å². The minimum absolute atomic E-state index is 0.197. The molecule has 0 unspecified atom stereocenters. The van der Waals surface area contributed by atoms with E-state index in [1.807, 2.05) is 24.9 Å². The Morgan fingerprint density at radius 2 is 2.05 bits per heavy atom. The molecule has 1 aromatic rings. The molecule has 0 heterocycles. The van der Waals surface area contributed by atoms with Crippen molar-refractivity contribution in [3.8, 4) is 5.75 Å². The molecule has 0 spiro atoms. The number of likely N-dealkylation sites (N-methyl/N-ethyl adjacent to an activating group) is 1. The highest BCUT2D eigenvalue weighted by Crippen LogP contribution is 2.23. The third-order valence-electron chi connectivity index (χ3n) is 3.31. The van der Waals surface area contributed by atoms with E-state index in [1.54, 1.807) is 0 Å². The van der Waals surface area contributed by atoms with Crippen LogP contribution in [0.1, 0.15) is 37.8 Å². The smallest absolute Gasteiger partial charge is 0.320 e. The molecular weight excluding hydrogens is 266 g/mol. The van der Waals surface area contributed by atoms with E-state index in [2.05, 4.69) is 32.9 Å². The van der Waals surface area contributed by atoms with Crippen LogP contribution in [0.2, 0.25) is 0 Å². The molecule has 0 saturated carbocycles. The first-order valence-corrected chi connectivity index (χ1v) is 7.51. The Morgan fingerprint density at radius 3 is 2.62 bits per heavy atom. The van der Waals surface area contributed by atoms with Gasteiger partial charge in [-0.3, -0.25) is 9.69 Å². The number of carbonyl (C=O) groups is 1. The van der Waals surface area contributed by atoms with E-state index in [1.165, 1.54) is 11.1 Å². The van der Waals surface area contributed by atoms with Crippen molar-refractivity contribution in [1.82, 2.24) is 4.90 Å². The maximum absolute atomic E-state index is 11.3. The molecule has 21 heavy (non-hydrogen) atoms. The average Bonchev–Trinajstić information content (AvgIpc) is 2.38. The fourth-order valence-electron chi connectivity index (χ4n) is 2.21. The zero-order valence-corrected chi connectivity index (χ0v) is 13.8. The van der Waals surface area contributed by atoms with E-state index in [-0.39, 0.29) is 5.97 Å². The van der Waals surface area contributed by atoms with Gasteiger partial charge >= 0.3 is 5.97 Å². The Hall–Kier alpha value is -1.55. The maximum atomic E-state index is 11.3. The number of hydrogen-bond acceptors (Lipinski definition) is 4. The number of hydrogen-bond donors (Lipinski definition) is 0. The second-order valence-corrected chi connectivity index (χ2v) is 5.56. The summed E-state index contributed by atoms with van der Waals surface area (Å²) in [6.45, 7) is 10.2. The third-order valence-corrected chi connectivity index (χ3v) is 3.31. The summed E-state index contributed by atoms with van der Waals surface area (Å²) in [5, 5.41) is 0. The Labute approximate surface area is 128 Å². The highest BCUT2D eigenvalue weighted by atomic mass is 16.5.